The van der Waals surface area contributed by atoms with E-state index in [2.05, 4.69) is 22.1 Å². The number of thiophene rings is 1. The number of hydrogen-bond donors (Lipinski definition) is 2. The quantitative estimate of drug-likeness (QED) is 0.857. The summed E-state index contributed by atoms with van der Waals surface area (Å²) in [6.45, 7) is 4.09. The van der Waals surface area contributed by atoms with E-state index in [0.717, 1.165) is 29.4 Å². The molecule has 2 aromatic heterocycles. The minimum absolute atomic E-state index is 0.419. The van der Waals surface area contributed by atoms with Crippen molar-refractivity contribution in [2.45, 2.75) is 32.2 Å². The summed E-state index contributed by atoms with van der Waals surface area (Å²) in [5.41, 5.74) is 5.77. The summed E-state index contributed by atoms with van der Waals surface area (Å²) in [6, 6.07) is 4.00. The largest absolute Gasteiger partial charge is 0.319 e. The van der Waals surface area contributed by atoms with Crippen LogP contribution in [0, 0.1) is 0 Å². The molecule has 0 saturated carbocycles. The van der Waals surface area contributed by atoms with Crippen LogP contribution in [0.3, 0.4) is 0 Å². The van der Waals surface area contributed by atoms with Gasteiger partial charge in [0.05, 0.1) is 10.4 Å². The molecule has 0 spiro atoms. The van der Waals surface area contributed by atoms with Gasteiger partial charge < -0.3 is 5.73 Å². The fourth-order valence-electron chi connectivity index (χ4n) is 1.67. The summed E-state index contributed by atoms with van der Waals surface area (Å²) in [7, 11) is 0. The Labute approximate surface area is 98.9 Å². The van der Waals surface area contributed by atoms with E-state index in [1.807, 2.05) is 24.4 Å². The van der Waals surface area contributed by atoms with Gasteiger partial charge in [-0.3, -0.25) is 5.10 Å². The zero-order chi connectivity index (χ0) is 11.6. The number of hydrogen-bond acceptors (Lipinski definition) is 4. The number of aromatic nitrogens is 3. The minimum Gasteiger partial charge on any atom is -0.319 e. The van der Waals surface area contributed by atoms with E-state index in [1.54, 1.807) is 11.3 Å². The monoisotopic (exact) mass is 236 g/mol. The molecule has 2 aromatic rings. The number of nitrogens with two attached hydrogens (primary N) is 1. The van der Waals surface area contributed by atoms with E-state index >= 15 is 0 Å². The molecule has 3 N–H and O–H groups in total. The topological polar surface area (TPSA) is 67.6 Å². The molecule has 0 amide bonds. The first kappa shape index (κ1) is 11.3. The Morgan fingerprint density at radius 1 is 1.56 bits per heavy atom. The highest BCUT2D eigenvalue weighted by atomic mass is 32.1. The van der Waals surface area contributed by atoms with Gasteiger partial charge in [0.2, 0.25) is 0 Å². The summed E-state index contributed by atoms with van der Waals surface area (Å²) >= 11 is 1.63. The Bertz CT molecular complexity index is 444. The van der Waals surface area contributed by atoms with Gasteiger partial charge in [-0.05, 0) is 24.8 Å². The lowest BCUT2D eigenvalue weighted by Crippen LogP contribution is -2.34. The molecule has 0 aliphatic rings. The Morgan fingerprint density at radius 2 is 2.38 bits per heavy atom. The molecule has 2 heterocycles. The second-order valence-corrected chi connectivity index (χ2v) is 5.10. The van der Waals surface area contributed by atoms with Gasteiger partial charge in [-0.25, -0.2) is 4.98 Å². The summed E-state index contributed by atoms with van der Waals surface area (Å²) in [6.07, 6.45) is 1.92. The highest BCUT2D eigenvalue weighted by Crippen LogP contribution is 2.24. The Balaban J connectivity index is 2.26. The number of rotatable bonds is 4. The van der Waals surface area contributed by atoms with Crippen LogP contribution in [0.4, 0.5) is 0 Å². The first-order valence-corrected chi connectivity index (χ1v) is 6.27. The molecule has 2 rings (SSSR count). The van der Waals surface area contributed by atoms with Crippen LogP contribution in [0.15, 0.2) is 17.5 Å². The molecule has 0 aliphatic heterocycles. The smallest absolute Gasteiger partial charge is 0.191 e. The lowest BCUT2D eigenvalue weighted by molar-refractivity contribution is 0.421. The molecular formula is C11H16N4S. The third-order valence-corrected chi connectivity index (χ3v) is 3.40. The second kappa shape index (κ2) is 4.35. The first-order valence-electron chi connectivity index (χ1n) is 5.39. The molecule has 16 heavy (non-hydrogen) atoms. The van der Waals surface area contributed by atoms with Gasteiger partial charge in [-0.2, -0.15) is 5.10 Å². The zero-order valence-electron chi connectivity index (χ0n) is 9.53. The molecular weight excluding hydrogens is 220 g/mol. The average molecular weight is 236 g/mol. The predicted octanol–water partition coefficient (Wildman–Crippen LogP) is 2.51. The normalized spacial score (nSPS) is 14.9. The molecule has 86 valence electrons. The van der Waals surface area contributed by atoms with Gasteiger partial charge in [0.1, 0.15) is 5.82 Å². The standard InChI is InChI=1S/C11H16N4S/c1-3-6-11(2,12)10-13-9(14-15-10)8-5-4-7-16-8/h4-5,7H,3,6,12H2,1-2H3,(H,13,14,15). The van der Waals surface area contributed by atoms with Crippen molar-refractivity contribution in [1.29, 1.82) is 0 Å². The Kier molecular flexibility index (Phi) is 3.07. The first-order chi connectivity index (χ1) is 7.63. The van der Waals surface area contributed by atoms with E-state index in [4.69, 9.17) is 5.73 Å². The van der Waals surface area contributed by atoms with Crippen LogP contribution in [-0.4, -0.2) is 15.2 Å². The highest BCUT2D eigenvalue weighted by Gasteiger charge is 2.24. The van der Waals surface area contributed by atoms with Crippen LogP contribution < -0.4 is 5.73 Å². The molecule has 0 aliphatic carbocycles. The number of aromatic amines is 1. The average Bonchev–Trinajstić information content (AvgIpc) is 2.89. The van der Waals surface area contributed by atoms with E-state index in [0.29, 0.717) is 0 Å². The van der Waals surface area contributed by atoms with E-state index in [9.17, 15) is 0 Å². The lowest BCUT2D eigenvalue weighted by Gasteiger charge is -2.20. The van der Waals surface area contributed by atoms with Crippen LogP contribution in [0.5, 0.6) is 0 Å². The number of nitrogens with one attached hydrogen (secondary N) is 1. The second-order valence-electron chi connectivity index (χ2n) is 4.15. The van der Waals surface area contributed by atoms with Gasteiger partial charge in [0.15, 0.2) is 5.82 Å². The van der Waals surface area contributed by atoms with Gasteiger partial charge in [-0.15, -0.1) is 11.3 Å². The maximum atomic E-state index is 6.18. The van der Waals surface area contributed by atoms with Crippen molar-refractivity contribution in [1.82, 2.24) is 15.2 Å². The summed E-state index contributed by atoms with van der Waals surface area (Å²) < 4.78 is 0. The van der Waals surface area contributed by atoms with Crippen molar-refractivity contribution >= 4 is 11.3 Å². The molecule has 0 saturated heterocycles. The summed E-state index contributed by atoms with van der Waals surface area (Å²) in [5, 5.41) is 9.15. The van der Waals surface area contributed by atoms with E-state index in [-0.39, 0.29) is 0 Å². The van der Waals surface area contributed by atoms with Crippen molar-refractivity contribution in [2.75, 3.05) is 0 Å². The molecule has 0 radical (unpaired) electrons. The van der Waals surface area contributed by atoms with Gasteiger partial charge >= 0.3 is 0 Å². The van der Waals surface area contributed by atoms with Crippen LogP contribution in [0.1, 0.15) is 32.5 Å². The van der Waals surface area contributed by atoms with Gasteiger partial charge in [0, 0.05) is 0 Å². The van der Waals surface area contributed by atoms with Crippen LogP contribution >= 0.6 is 11.3 Å². The van der Waals surface area contributed by atoms with Crippen LogP contribution in [0.2, 0.25) is 0 Å². The molecule has 4 nitrogen and oxygen atoms in total. The van der Waals surface area contributed by atoms with Crippen molar-refractivity contribution in [3.8, 4) is 10.7 Å². The molecule has 1 atom stereocenters. The van der Waals surface area contributed by atoms with Crippen molar-refractivity contribution < 1.29 is 0 Å². The van der Waals surface area contributed by atoms with Gasteiger partial charge in [-0.1, -0.05) is 19.4 Å². The predicted molar refractivity (Wildman–Crippen MR) is 66.1 cm³/mol. The zero-order valence-corrected chi connectivity index (χ0v) is 10.3. The van der Waals surface area contributed by atoms with Crippen LogP contribution in [0.25, 0.3) is 10.7 Å². The third-order valence-electron chi connectivity index (χ3n) is 2.54. The van der Waals surface area contributed by atoms with Gasteiger partial charge in [0.25, 0.3) is 0 Å². The fraction of sp³-hybridized carbons (Fsp3) is 0.455. The van der Waals surface area contributed by atoms with Crippen molar-refractivity contribution in [2.24, 2.45) is 5.73 Å². The molecule has 0 aromatic carbocycles. The lowest BCUT2D eigenvalue weighted by atomic mass is 9.97. The maximum absolute atomic E-state index is 6.18. The molecule has 0 fully saturated rings. The highest BCUT2D eigenvalue weighted by molar-refractivity contribution is 7.13. The van der Waals surface area contributed by atoms with Crippen molar-refractivity contribution in [3.63, 3.8) is 0 Å². The van der Waals surface area contributed by atoms with E-state index in [1.165, 1.54) is 0 Å². The Morgan fingerprint density at radius 3 is 3.00 bits per heavy atom. The molecule has 5 heteroatoms. The maximum Gasteiger partial charge on any atom is 0.191 e. The summed E-state index contributed by atoms with van der Waals surface area (Å²) in [4.78, 5) is 5.53. The van der Waals surface area contributed by atoms with Crippen LogP contribution in [-0.2, 0) is 5.54 Å². The number of nitrogens with zero attached hydrogens (tertiary/aromatic N) is 2. The molecule has 1 unspecified atom stereocenters. The fourth-order valence-corrected chi connectivity index (χ4v) is 2.33. The third kappa shape index (κ3) is 2.15. The Hall–Kier alpha value is -1.20. The van der Waals surface area contributed by atoms with E-state index < -0.39 is 5.54 Å². The SMILES string of the molecule is CCCC(C)(N)c1nc(-c2cccs2)n[nH]1. The summed E-state index contributed by atoms with van der Waals surface area (Å²) in [5.74, 6) is 1.50. The van der Waals surface area contributed by atoms with Crippen molar-refractivity contribution in [3.05, 3.63) is 23.3 Å². The molecule has 0 bridgehead atoms. The minimum atomic E-state index is -0.419. The number of H-pyrrole nitrogens is 1.